The number of esters is 2. The van der Waals surface area contributed by atoms with E-state index < -0.39 is 102 Å². The standard InChI is InChI=1S/C35H44F2O14/c1-7-17(2)15-18(3)11-12-24(39)49-28-27(40)33(50-29(30(41)42)34(47,31(43)44)35(28,51-33)32(45)46)14-13-19(4)26(48-21(6)38)20(5)16-22-9-8-10-23(36)25(22)37/h8-12,17-18,20,26-29,40,47H,4,7,13-16H2,1-3,5-6H3,(H,41,42)(H,43,44)(H,45,46)/b12-11+/t17?,18?,20-,26-,27-,28-,29-,33-,34-,35-/m1/s1. The van der Waals surface area contributed by atoms with E-state index in [2.05, 4.69) is 6.58 Å². The number of aliphatic hydroxyl groups excluding tert-OH is 1. The average molecular weight is 727 g/mol. The van der Waals surface area contributed by atoms with Crippen LogP contribution in [0.15, 0.2) is 42.5 Å². The topological polar surface area (TPSA) is 223 Å². The van der Waals surface area contributed by atoms with Gasteiger partial charge in [0.1, 0.15) is 12.2 Å². The van der Waals surface area contributed by atoms with Crippen LogP contribution in [0.3, 0.4) is 0 Å². The van der Waals surface area contributed by atoms with Gasteiger partial charge in [-0.15, -0.1) is 0 Å². The lowest BCUT2D eigenvalue weighted by Gasteiger charge is -2.48. The highest BCUT2D eigenvalue weighted by atomic mass is 19.2. The number of fused-ring (bicyclic) bond motifs is 2. The second-order valence-corrected chi connectivity index (χ2v) is 13.3. The van der Waals surface area contributed by atoms with Crippen molar-refractivity contribution < 1.29 is 77.2 Å². The minimum atomic E-state index is -3.97. The van der Waals surface area contributed by atoms with E-state index in [-0.39, 0.29) is 29.4 Å². The molecule has 51 heavy (non-hydrogen) atoms. The number of aliphatic carboxylic acids is 3. The van der Waals surface area contributed by atoms with Crippen LogP contribution in [-0.2, 0) is 49.3 Å². The van der Waals surface area contributed by atoms with Crippen molar-refractivity contribution in [3.63, 3.8) is 0 Å². The molecule has 2 unspecified atom stereocenters. The molecule has 14 nitrogen and oxygen atoms in total. The van der Waals surface area contributed by atoms with Crippen molar-refractivity contribution in [3.05, 3.63) is 59.7 Å². The quantitative estimate of drug-likeness (QED) is 0.0884. The average Bonchev–Trinajstić information content (AvgIpc) is 3.26. The monoisotopic (exact) mass is 726 g/mol. The fourth-order valence-corrected chi connectivity index (χ4v) is 6.65. The van der Waals surface area contributed by atoms with Crippen molar-refractivity contribution >= 4 is 29.8 Å². The fraction of sp³-hybridized carbons (Fsp3) is 0.571. The Kier molecular flexibility index (Phi) is 12.9. The van der Waals surface area contributed by atoms with E-state index in [1.165, 1.54) is 25.1 Å². The number of carbonyl (C=O) groups excluding carboxylic acids is 2. The SMILES string of the molecule is C=C(CC[C@@]12O[C@H](C(=O)O)[C@@](O)(C(=O)O)[C@@](C(=O)O)(O1)[C@H](OC(=O)/C=C/C(C)CC(C)CC)[C@H]2O)[C@@H](OC(C)=O)[C@H](C)Cc1cccc(F)c1F. The third-order valence-electron chi connectivity index (χ3n) is 9.46. The molecule has 0 radical (unpaired) electrons. The predicted octanol–water partition coefficient (Wildman–Crippen LogP) is 3.16. The molecule has 10 atom stereocenters. The summed E-state index contributed by atoms with van der Waals surface area (Å²) in [5.41, 5.74) is -7.61. The maximum atomic E-state index is 14.5. The molecule has 0 saturated carbocycles. The second-order valence-electron chi connectivity index (χ2n) is 13.3. The zero-order valence-corrected chi connectivity index (χ0v) is 28.8. The van der Waals surface area contributed by atoms with Crippen LogP contribution < -0.4 is 0 Å². The summed E-state index contributed by atoms with van der Waals surface area (Å²) in [6.45, 7) is 12.3. The van der Waals surface area contributed by atoms with Crippen LogP contribution in [0.5, 0.6) is 0 Å². The Hall–Kier alpha value is -4.25. The van der Waals surface area contributed by atoms with Crippen LogP contribution in [0, 0.1) is 29.4 Å². The van der Waals surface area contributed by atoms with Gasteiger partial charge >= 0.3 is 29.8 Å². The zero-order valence-electron chi connectivity index (χ0n) is 28.8. The van der Waals surface area contributed by atoms with Crippen molar-refractivity contribution in [3.8, 4) is 0 Å². The van der Waals surface area contributed by atoms with Crippen molar-refractivity contribution in [1.29, 1.82) is 0 Å². The molecule has 2 bridgehead atoms. The largest absolute Gasteiger partial charge is 0.479 e. The predicted molar refractivity (Wildman–Crippen MR) is 171 cm³/mol. The molecule has 2 heterocycles. The number of halogens is 2. The van der Waals surface area contributed by atoms with E-state index in [1.54, 1.807) is 6.92 Å². The van der Waals surface area contributed by atoms with Crippen LogP contribution in [0.4, 0.5) is 8.78 Å². The molecule has 16 heteroatoms. The molecule has 1 aromatic carbocycles. The van der Waals surface area contributed by atoms with E-state index in [1.807, 2.05) is 13.8 Å². The van der Waals surface area contributed by atoms with Gasteiger partial charge in [-0.25, -0.2) is 28.0 Å². The Morgan fingerprint density at radius 2 is 1.73 bits per heavy atom. The number of allylic oxidation sites excluding steroid dienone is 1. The van der Waals surface area contributed by atoms with Crippen molar-refractivity contribution in [2.75, 3.05) is 0 Å². The van der Waals surface area contributed by atoms with Gasteiger partial charge in [0, 0.05) is 25.3 Å². The Bertz CT molecular complexity index is 1560. The summed E-state index contributed by atoms with van der Waals surface area (Å²) < 4.78 is 50.1. The van der Waals surface area contributed by atoms with Gasteiger partial charge < -0.3 is 44.5 Å². The number of carboxylic acids is 3. The molecule has 282 valence electrons. The molecular weight excluding hydrogens is 682 g/mol. The number of aliphatic hydroxyl groups is 2. The first kappa shape index (κ1) is 41.2. The normalized spacial score (nSPS) is 29.5. The molecule has 0 amide bonds. The number of hydrogen-bond donors (Lipinski definition) is 5. The number of carboxylic acid groups (broad SMARTS) is 3. The van der Waals surface area contributed by atoms with Crippen molar-refractivity contribution in [2.24, 2.45) is 17.8 Å². The van der Waals surface area contributed by atoms with E-state index in [0.717, 1.165) is 25.5 Å². The number of rotatable bonds is 17. The molecule has 2 aliphatic heterocycles. The first-order valence-electron chi connectivity index (χ1n) is 16.3. The third kappa shape index (κ3) is 7.98. The maximum Gasteiger partial charge on any atom is 0.344 e. The van der Waals surface area contributed by atoms with E-state index in [0.29, 0.717) is 6.42 Å². The molecule has 2 aliphatic rings. The van der Waals surface area contributed by atoms with Gasteiger partial charge in [0.05, 0.1) is 0 Å². The number of hydrogen-bond acceptors (Lipinski definition) is 11. The first-order valence-corrected chi connectivity index (χ1v) is 16.3. The molecule has 2 fully saturated rings. The van der Waals surface area contributed by atoms with Gasteiger partial charge in [-0.3, -0.25) is 4.79 Å². The number of carbonyl (C=O) groups is 5. The van der Waals surface area contributed by atoms with E-state index in [9.17, 15) is 58.3 Å². The second kappa shape index (κ2) is 16.0. The summed E-state index contributed by atoms with van der Waals surface area (Å²) in [7, 11) is 0. The van der Waals surface area contributed by atoms with Crippen LogP contribution in [-0.4, -0.2) is 96.8 Å². The van der Waals surface area contributed by atoms with Crippen LogP contribution in [0.2, 0.25) is 0 Å². The smallest absolute Gasteiger partial charge is 0.344 e. The highest BCUT2D eigenvalue weighted by Crippen LogP contribution is 2.56. The minimum Gasteiger partial charge on any atom is -0.479 e. The molecule has 3 rings (SSSR count). The van der Waals surface area contributed by atoms with Crippen molar-refractivity contribution in [2.45, 2.75) is 108 Å². The lowest BCUT2D eigenvalue weighted by molar-refractivity contribution is -0.374. The van der Waals surface area contributed by atoms with Gasteiger partial charge in [0.25, 0.3) is 0 Å². The third-order valence-corrected chi connectivity index (χ3v) is 9.46. The highest BCUT2D eigenvalue weighted by molar-refractivity contribution is 5.98. The Morgan fingerprint density at radius 3 is 2.27 bits per heavy atom. The molecule has 5 N–H and O–H groups in total. The maximum absolute atomic E-state index is 14.5. The summed E-state index contributed by atoms with van der Waals surface area (Å²) in [6, 6.07) is 3.53. The lowest BCUT2D eigenvalue weighted by atomic mass is 9.74. The van der Waals surface area contributed by atoms with E-state index >= 15 is 0 Å². The van der Waals surface area contributed by atoms with Gasteiger partial charge in [-0.2, -0.15) is 0 Å². The fourth-order valence-electron chi connectivity index (χ4n) is 6.65. The van der Waals surface area contributed by atoms with E-state index in [4.69, 9.17) is 18.9 Å². The molecule has 0 spiro atoms. The lowest BCUT2D eigenvalue weighted by Crippen LogP contribution is -2.78. The van der Waals surface area contributed by atoms with Crippen molar-refractivity contribution in [1.82, 2.24) is 0 Å². The Morgan fingerprint density at radius 1 is 1.08 bits per heavy atom. The van der Waals surface area contributed by atoms with Crippen LogP contribution in [0.25, 0.3) is 0 Å². The molecule has 0 aliphatic carbocycles. The Labute approximate surface area is 292 Å². The van der Waals surface area contributed by atoms with Gasteiger partial charge in [0.15, 0.2) is 17.7 Å². The number of benzene rings is 1. The van der Waals surface area contributed by atoms with Crippen LogP contribution >= 0.6 is 0 Å². The molecule has 2 saturated heterocycles. The van der Waals surface area contributed by atoms with Gasteiger partial charge in [-0.05, 0) is 48.3 Å². The minimum absolute atomic E-state index is 0.0360. The molecule has 1 aromatic rings. The highest BCUT2D eigenvalue weighted by Gasteiger charge is 2.85. The summed E-state index contributed by atoms with van der Waals surface area (Å²) in [5.74, 6) is -14.6. The summed E-state index contributed by atoms with van der Waals surface area (Å²) in [4.78, 5) is 62.9. The van der Waals surface area contributed by atoms with Crippen LogP contribution in [0.1, 0.15) is 65.9 Å². The summed E-state index contributed by atoms with van der Waals surface area (Å²) >= 11 is 0. The summed E-state index contributed by atoms with van der Waals surface area (Å²) in [6.07, 6.45) is -6.46. The van der Waals surface area contributed by atoms with Gasteiger partial charge in [0.2, 0.25) is 23.1 Å². The Balaban J connectivity index is 2.02. The summed E-state index contributed by atoms with van der Waals surface area (Å²) in [5, 5.41) is 53.4. The zero-order chi connectivity index (χ0) is 38.6. The molecule has 0 aromatic heterocycles. The first-order chi connectivity index (χ1) is 23.7. The van der Waals surface area contributed by atoms with Gasteiger partial charge in [-0.1, -0.05) is 58.9 Å². The molecular formula is C35H44F2O14. The number of ether oxygens (including phenoxy) is 4.